The van der Waals surface area contributed by atoms with E-state index in [-0.39, 0.29) is 6.10 Å². The summed E-state index contributed by atoms with van der Waals surface area (Å²) < 4.78 is 11.2. The molecule has 4 nitrogen and oxygen atoms in total. The number of benzene rings is 2. The molecule has 3 aromatic rings. The fourth-order valence-corrected chi connectivity index (χ4v) is 3.71. The summed E-state index contributed by atoms with van der Waals surface area (Å²) in [6.45, 7) is 2.02. The third kappa shape index (κ3) is 3.95. The summed E-state index contributed by atoms with van der Waals surface area (Å²) in [5.41, 5.74) is 4.28. The Morgan fingerprint density at radius 3 is 2.36 bits per heavy atom. The van der Waals surface area contributed by atoms with Crippen LogP contribution in [0.3, 0.4) is 0 Å². The van der Waals surface area contributed by atoms with Gasteiger partial charge in [-0.15, -0.1) is 0 Å². The Hall–Kier alpha value is -2.08. The van der Waals surface area contributed by atoms with Crippen LogP contribution in [-0.2, 0) is 9.47 Å². The molecule has 1 aliphatic rings. The van der Waals surface area contributed by atoms with Crippen molar-refractivity contribution in [2.24, 2.45) is 0 Å². The van der Waals surface area contributed by atoms with Gasteiger partial charge in [0, 0.05) is 16.9 Å². The maximum Gasteiger partial charge on any atom is 0.166 e. The monoisotopic (exact) mass is 352 g/mol. The van der Waals surface area contributed by atoms with Gasteiger partial charge in [0.2, 0.25) is 0 Å². The Morgan fingerprint density at radius 2 is 1.68 bits per heavy atom. The first kappa shape index (κ1) is 16.4. The van der Waals surface area contributed by atoms with Crippen molar-refractivity contribution < 1.29 is 9.47 Å². The highest BCUT2D eigenvalue weighted by molar-refractivity contribution is 7.99. The number of hydrogen-bond donors (Lipinski definition) is 1. The van der Waals surface area contributed by atoms with Crippen molar-refractivity contribution >= 4 is 11.8 Å². The highest BCUT2D eigenvalue weighted by Gasteiger charge is 2.18. The predicted molar refractivity (Wildman–Crippen MR) is 101 cm³/mol. The van der Waals surface area contributed by atoms with Crippen LogP contribution in [0.25, 0.3) is 22.5 Å². The van der Waals surface area contributed by atoms with Gasteiger partial charge < -0.3 is 14.5 Å². The molecule has 128 valence electrons. The molecule has 1 unspecified atom stereocenters. The number of hydrogen-bond acceptors (Lipinski definition) is 4. The standard InChI is InChI=1S/C20H20N2O2S/c1-3-7-15(8-4-1)18-19(16-9-5-2-6-10-16)22-20(21-18)25-14-17-13-23-11-12-24-17/h1-10,17H,11-14H2,(H,21,22). The Kier molecular flexibility index (Phi) is 5.16. The molecule has 1 aliphatic heterocycles. The molecular weight excluding hydrogens is 332 g/mol. The number of aromatic amines is 1. The molecule has 0 bridgehead atoms. The molecule has 2 heterocycles. The summed E-state index contributed by atoms with van der Waals surface area (Å²) in [4.78, 5) is 8.34. The zero-order valence-corrected chi connectivity index (χ0v) is 14.7. The van der Waals surface area contributed by atoms with E-state index in [1.54, 1.807) is 11.8 Å². The lowest BCUT2D eigenvalue weighted by atomic mass is 10.1. The summed E-state index contributed by atoms with van der Waals surface area (Å²) in [5.74, 6) is 0.829. The molecule has 1 fully saturated rings. The second-order valence-electron chi connectivity index (χ2n) is 5.88. The highest BCUT2D eigenvalue weighted by Crippen LogP contribution is 2.32. The minimum absolute atomic E-state index is 0.129. The summed E-state index contributed by atoms with van der Waals surface area (Å²) in [6.07, 6.45) is 0.129. The summed E-state index contributed by atoms with van der Waals surface area (Å²) in [5, 5.41) is 0.909. The number of rotatable bonds is 5. The second kappa shape index (κ2) is 7.87. The van der Waals surface area contributed by atoms with Gasteiger partial charge >= 0.3 is 0 Å². The summed E-state index contributed by atoms with van der Waals surface area (Å²) in [7, 11) is 0. The maximum atomic E-state index is 5.72. The molecule has 25 heavy (non-hydrogen) atoms. The second-order valence-corrected chi connectivity index (χ2v) is 6.89. The fourth-order valence-electron chi connectivity index (χ4n) is 2.84. The number of thioether (sulfide) groups is 1. The number of aromatic nitrogens is 2. The normalized spacial score (nSPS) is 17.5. The molecule has 2 aromatic carbocycles. The van der Waals surface area contributed by atoms with Crippen LogP contribution in [0.15, 0.2) is 65.8 Å². The van der Waals surface area contributed by atoms with Crippen LogP contribution >= 0.6 is 11.8 Å². The van der Waals surface area contributed by atoms with E-state index in [4.69, 9.17) is 14.5 Å². The zero-order chi connectivity index (χ0) is 16.9. The van der Waals surface area contributed by atoms with Gasteiger partial charge in [-0.2, -0.15) is 0 Å². The largest absolute Gasteiger partial charge is 0.376 e. The zero-order valence-electron chi connectivity index (χ0n) is 13.9. The van der Waals surface area contributed by atoms with E-state index in [0.29, 0.717) is 19.8 Å². The van der Waals surface area contributed by atoms with Crippen LogP contribution in [-0.4, -0.2) is 41.6 Å². The number of nitrogens with zero attached hydrogens (tertiary/aromatic N) is 1. The van der Waals surface area contributed by atoms with Crippen LogP contribution in [0.5, 0.6) is 0 Å². The van der Waals surface area contributed by atoms with Crippen molar-refractivity contribution in [3.05, 3.63) is 60.7 Å². The minimum Gasteiger partial charge on any atom is -0.376 e. The van der Waals surface area contributed by atoms with Crippen molar-refractivity contribution in [2.45, 2.75) is 11.3 Å². The molecule has 0 radical (unpaired) electrons. The first-order valence-electron chi connectivity index (χ1n) is 8.43. The maximum absolute atomic E-state index is 5.72. The Morgan fingerprint density at radius 1 is 0.960 bits per heavy atom. The van der Waals surface area contributed by atoms with Crippen LogP contribution in [0.1, 0.15) is 0 Å². The summed E-state index contributed by atoms with van der Waals surface area (Å²) >= 11 is 1.68. The predicted octanol–water partition coefficient (Wildman–Crippen LogP) is 4.25. The lowest BCUT2D eigenvalue weighted by molar-refractivity contribution is -0.0776. The quantitative estimate of drug-likeness (QED) is 0.697. The molecule has 1 aromatic heterocycles. The van der Waals surface area contributed by atoms with E-state index in [0.717, 1.165) is 33.4 Å². The fraction of sp³-hybridized carbons (Fsp3) is 0.250. The highest BCUT2D eigenvalue weighted by atomic mass is 32.2. The topological polar surface area (TPSA) is 47.1 Å². The van der Waals surface area contributed by atoms with Crippen molar-refractivity contribution in [3.8, 4) is 22.5 Å². The van der Waals surface area contributed by atoms with E-state index in [2.05, 4.69) is 29.2 Å². The van der Waals surface area contributed by atoms with Crippen LogP contribution in [0.4, 0.5) is 0 Å². The van der Waals surface area contributed by atoms with Crippen LogP contribution < -0.4 is 0 Å². The molecule has 4 rings (SSSR count). The molecule has 1 saturated heterocycles. The number of nitrogens with one attached hydrogen (secondary N) is 1. The lowest BCUT2D eigenvalue weighted by Crippen LogP contribution is -2.30. The molecule has 1 N–H and O–H groups in total. The molecule has 0 amide bonds. The number of H-pyrrole nitrogens is 1. The number of imidazole rings is 1. The molecule has 0 saturated carbocycles. The van der Waals surface area contributed by atoms with E-state index < -0.39 is 0 Å². The first-order valence-corrected chi connectivity index (χ1v) is 9.42. The first-order chi connectivity index (χ1) is 12.4. The SMILES string of the molecule is c1ccc(-c2nc(SCC3COCCO3)[nH]c2-c2ccccc2)cc1. The van der Waals surface area contributed by atoms with E-state index in [1.807, 2.05) is 36.4 Å². The van der Waals surface area contributed by atoms with Crippen LogP contribution in [0.2, 0.25) is 0 Å². The van der Waals surface area contributed by atoms with Crippen molar-refractivity contribution in [1.29, 1.82) is 0 Å². The van der Waals surface area contributed by atoms with E-state index >= 15 is 0 Å². The third-order valence-corrected chi connectivity index (χ3v) is 5.09. The lowest BCUT2D eigenvalue weighted by Gasteiger charge is -2.21. The molecule has 5 heteroatoms. The Bertz CT molecular complexity index is 742. The molecule has 0 spiro atoms. The van der Waals surface area contributed by atoms with E-state index in [1.165, 1.54) is 0 Å². The molecule has 1 atom stereocenters. The van der Waals surface area contributed by atoms with Gasteiger partial charge in [0.1, 0.15) is 0 Å². The van der Waals surface area contributed by atoms with Gasteiger partial charge in [0.15, 0.2) is 5.16 Å². The van der Waals surface area contributed by atoms with Gasteiger partial charge in [-0.25, -0.2) is 4.98 Å². The third-order valence-electron chi connectivity index (χ3n) is 4.08. The van der Waals surface area contributed by atoms with Crippen molar-refractivity contribution in [2.75, 3.05) is 25.6 Å². The van der Waals surface area contributed by atoms with Gasteiger partial charge in [0.05, 0.1) is 37.3 Å². The Labute approximate surface area is 151 Å². The van der Waals surface area contributed by atoms with Crippen molar-refractivity contribution in [3.63, 3.8) is 0 Å². The smallest absolute Gasteiger partial charge is 0.166 e. The van der Waals surface area contributed by atoms with Gasteiger partial charge in [-0.05, 0) is 0 Å². The molecular formula is C20H20N2O2S. The van der Waals surface area contributed by atoms with Gasteiger partial charge in [-0.1, -0.05) is 72.4 Å². The average Bonchev–Trinajstić information content (AvgIpc) is 3.13. The summed E-state index contributed by atoms with van der Waals surface area (Å²) in [6, 6.07) is 20.6. The molecule has 0 aliphatic carbocycles. The van der Waals surface area contributed by atoms with Crippen molar-refractivity contribution in [1.82, 2.24) is 9.97 Å². The Balaban J connectivity index is 1.61. The minimum atomic E-state index is 0.129. The average molecular weight is 352 g/mol. The van der Waals surface area contributed by atoms with Crippen LogP contribution in [0, 0.1) is 0 Å². The van der Waals surface area contributed by atoms with E-state index in [9.17, 15) is 0 Å². The number of ether oxygens (including phenoxy) is 2. The van der Waals surface area contributed by atoms with Gasteiger partial charge in [-0.3, -0.25) is 0 Å². The van der Waals surface area contributed by atoms with Gasteiger partial charge in [0.25, 0.3) is 0 Å².